The molecule has 0 radical (unpaired) electrons. The van der Waals surface area contributed by atoms with E-state index in [-0.39, 0.29) is 12.3 Å². The van der Waals surface area contributed by atoms with Gasteiger partial charge in [0.2, 0.25) is 0 Å². The van der Waals surface area contributed by atoms with Gasteiger partial charge >= 0.3 is 5.97 Å². The number of aromatic nitrogens is 1. The molecule has 19 heavy (non-hydrogen) atoms. The van der Waals surface area contributed by atoms with E-state index in [4.69, 9.17) is 14.7 Å². The Kier molecular flexibility index (Phi) is 4.27. The highest BCUT2D eigenvalue weighted by molar-refractivity contribution is 5.85. The second-order valence-electron chi connectivity index (χ2n) is 4.06. The average molecular weight is 262 g/mol. The lowest BCUT2D eigenvalue weighted by Gasteiger charge is -2.03. The zero-order valence-corrected chi connectivity index (χ0v) is 10.2. The molecule has 6 nitrogen and oxygen atoms in total. The molecule has 0 amide bonds. The molecule has 3 N–H and O–H groups in total. The average Bonchev–Trinajstić information content (AvgIpc) is 2.89. The highest BCUT2D eigenvalue weighted by Gasteiger charge is 2.09. The van der Waals surface area contributed by atoms with Crippen molar-refractivity contribution in [3.63, 3.8) is 0 Å². The summed E-state index contributed by atoms with van der Waals surface area (Å²) in [5, 5.41) is 24.1. The molecule has 2 rings (SSSR count). The summed E-state index contributed by atoms with van der Waals surface area (Å²) in [4.78, 5) is 10.6. The van der Waals surface area contributed by atoms with Crippen molar-refractivity contribution < 1.29 is 19.5 Å². The maximum absolute atomic E-state index is 10.6. The third kappa shape index (κ3) is 3.64. The molecule has 0 bridgehead atoms. The molecule has 0 aliphatic carbocycles. The van der Waals surface area contributed by atoms with Crippen LogP contribution in [0.25, 0.3) is 0 Å². The first kappa shape index (κ1) is 13.3. The smallest absolute Gasteiger partial charge is 0.358 e. The number of aliphatic hydroxyl groups is 1. The van der Waals surface area contributed by atoms with E-state index in [1.807, 2.05) is 24.3 Å². The van der Waals surface area contributed by atoms with Gasteiger partial charge in [-0.1, -0.05) is 29.4 Å². The van der Waals surface area contributed by atoms with Gasteiger partial charge in [0, 0.05) is 12.6 Å². The minimum Gasteiger partial charge on any atom is -0.476 e. The van der Waals surface area contributed by atoms with Gasteiger partial charge in [0.15, 0.2) is 11.5 Å². The van der Waals surface area contributed by atoms with Crippen LogP contribution in [0.2, 0.25) is 0 Å². The van der Waals surface area contributed by atoms with E-state index in [1.54, 1.807) is 0 Å². The summed E-state index contributed by atoms with van der Waals surface area (Å²) in [5.74, 6) is -0.626. The monoisotopic (exact) mass is 262 g/mol. The summed E-state index contributed by atoms with van der Waals surface area (Å²) in [5.41, 5.74) is 1.84. The molecular formula is C13H14N2O4. The number of hydrogen-bond donors (Lipinski definition) is 3. The summed E-state index contributed by atoms with van der Waals surface area (Å²) in [6, 6.07) is 8.94. The molecule has 0 aliphatic heterocycles. The SMILES string of the molecule is O=C(O)c1cc(CNCc2ccc(CO)cc2)on1. The van der Waals surface area contributed by atoms with Crippen molar-refractivity contribution in [2.45, 2.75) is 19.7 Å². The van der Waals surface area contributed by atoms with Crippen molar-refractivity contribution >= 4 is 5.97 Å². The highest BCUT2D eigenvalue weighted by atomic mass is 16.5. The van der Waals surface area contributed by atoms with Crippen LogP contribution in [-0.2, 0) is 19.7 Å². The number of aromatic carboxylic acids is 1. The molecule has 0 atom stereocenters. The summed E-state index contributed by atoms with van der Waals surface area (Å²) in [7, 11) is 0. The Labute approximate surface area is 109 Å². The number of carbonyl (C=O) groups is 1. The lowest BCUT2D eigenvalue weighted by atomic mass is 10.1. The predicted molar refractivity (Wildman–Crippen MR) is 66.4 cm³/mol. The molecule has 0 saturated heterocycles. The third-order valence-electron chi connectivity index (χ3n) is 2.61. The Hall–Kier alpha value is -2.18. The standard InChI is InChI=1S/C13H14N2O4/c16-8-10-3-1-9(2-4-10)6-14-7-11-5-12(13(17)18)15-19-11/h1-5,14,16H,6-8H2,(H,17,18). The molecule has 1 aromatic carbocycles. The van der Waals surface area contributed by atoms with Gasteiger partial charge in [0.05, 0.1) is 13.2 Å². The van der Waals surface area contributed by atoms with Gasteiger partial charge in [-0.3, -0.25) is 0 Å². The van der Waals surface area contributed by atoms with E-state index >= 15 is 0 Å². The quantitative estimate of drug-likeness (QED) is 0.723. The second kappa shape index (κ2) is 6.12. The van der Waals surface area contributed by atoms with Gasteiger partial charge in [-0.2, -0.15) is 0 Å². The number of aliphatic hydroxyl groups excluding tert-OH is 1. The fourth-order valence-electron chi connectivity index (χ4n) is 1.59. The molecular weight excluding hydrogens is 248 g/mol. The maximum Gasteiger partial charge on any atom is 0.358 e. The van der Waals surface area contributed by atoms with Gasteiger partial charge in [-0.25, -0.2) is 4.79 Å². The van der Waals surface area contributed by atoms with Crippen LogP contribution in [0.1, 0.15) is 27.4 Å². The Morgan fingerprint density at radius 1 is 1.21 bits per heavy atom. The van der Waals surface area contributed by atoms with Crippen molar-refractivity contribution in [2.24, 2.45) is 0 Å². The van der Waals surface area contributed by atoms with E-state index < -0.39 is 5.97 Å². The van der Waals surface area contributed by atoms with Crippen LogP contribution in [0.4, 0.5) is 0 Å². The predicted octanol–water partition coefficient (Wildman–Crippen LogP) is 1.15. The van der Waals surface area contributed by atoms with Crippen molar-refractivity contribution in [2.75, 3.05) is 0 Å². The van der Waals surface area contributed by atoms with Crippen molar-refractivity contribution in [1.29, 1.82) is 0 Å². The fourth-order valence-corrected chi connectivity index (χ4v) is 1.59. The van der Waals surface area contributed by atoms with Crippen LogP contribution in [0.5, 0.6) is 0 Å². The van der Waals surface area contributed by atoms with Gasteiger partial charge in [0.25, 0.3) is 0 Å². The zero-order chi connectivity index (χ0) is 13.7. The first-order valence-electron chi connectivity index (χ1n) is 5.77. The number of carboxylic acids is 1. The Morgan fingerprint density at radius 2 is 1.89 bits per heavy atom. The molecule has 2 aromatic rings. The van der Waals surface area contributed by atoms with E-state index in [9.17, 15) is 4.79 Å². The van der Waals surface area contributed by atoms with Crippen LogP contribution in [0, 0.1) is 0 Å². The minimum atomic E-state index is -1.10. The van der Waals surface area contributed by atoms with Crippen LogP contribution in [0.15, 0.2) is 34.9 Å². The number of nitrogens with zero attached hydrogens (tertiary/aromatic N) is 1. The van der Waals surface area contributed by atoms with Crippen molar-refractivity contribution in [1.82, 2.24) is 10.5 Å². The third-order valence-corrected chi connectivity index (χ3v) is 2.61. The van der Waals surface area contributed by atoms with Gasteiger partial charge in [-0.15, -0.1) is 0 Å². The molecule has 0 saturated carbocycles. The molecule has 0 fully saturated rings. The first-order valence-corrected chi connectivity index (χ1v) is 5.77. The Balaban J connectivity index is 1.83. The van der Waals surface area contributed by atoms with Crippen LogP contribution in [-0.4, -0.2) is 21.3 Å². The second-order valence-corrected chi connectivity index (χ2v) is 4.06. The molecule has 1 heterocycles. The van der Waals surface area contributed by atoms with Crippen LogP contribution >= 0.6 is 0 Å². The van der Waals surface area contributed by atoms with Gasteiger partial charge in [0.1, 0.15) is 0 Å². The first-order chi connectivity index (χ1) is 9.19. The highest BCUT2D eigenvalue weighted by Crippen LogP contribution is 2.06. The number of hydrogen-bond acceptors (Lipinski definition) is 5. The summed E-state index contributed by atoms with van der Waals surface area (Å²) >= 11 is 0. The van der Waals surface area contributed by atoms with Crippen LogP contribution < -0.4 is 5.32 Å². The molecule has 100 valence electrons. The summed E-state index contributed by atoms with van der Waals surface area (Å²) in [6.07, 6.45) is 0. The maximum atomic E-state index is 10.6. The van der Waals surface area contributed by atoms with E-state index in [0.717, 1.165) is 11.1 Å². The number of rotatable bonds is 6. The largest absolute Gasteiger partial charge is 0.476 e. The fraction of sp³-hybridized carbons (Fsp3) is 0.231. The van der Waals surface area contributed by atoms with Gasteiger partial charge < -0.3 is 20.1 Å². The van der Waals surface area contributed by atoms with E-state index in [1.165, 1.54) is 6.07 Å². The summed E-state index contributed by atoms with van der Waals surface area (Å²) in [6.45, 7) is 1.06. The topological polar surface area (TPSA) is 95.6 Å². The van der Waals surface area contributed by atoms with Gasteiger partial charge in [-0.05, 0) is 11.1 Å². The Morgan fingerprint density at radius 3 is 2.47 bits per heavy atom. The molecule has 1 aromatic heterocycles. The zero-order valence-electron chi connectivity index (χ0n) is 10.2. The van der Waals surface area contributed by atoms with Crippen molar-refractivity contribution in [3.8, 4) is 0 Å². The van der Waals surface area contributed by atoms with E-state index in [0.29, 0.717) is 18.8 Å². The molecule has 0 aliphatic rings. The van der Waals surface area contributed by atoms with E-state index in [2.05, 4.69) is 10.5 Å². The number of nitrogens with one attached hydrogen (secondary N) is 1. The molecule has 6 heteroatoms. The lowest BCUT2D eigenvalue weighted by molar-refractivity contribution is 0.0685. The summed E-state index contributed by atoms with van der Waals surface area (Å²) < 4.78 is 4.87. The van der Waals surface area contributed by atoms with Crippen LogP contribution in [0.3, 0.4) is 0 Å². The van der Waals surface area contributed by atoms with Crippen molar-refractivity contribution in [3.05, 3.63) is 52.9 Å². The lowest BCUT2D eigenvalue weighted by Crippen LogP contribution is -2.12. The normalized spacial score (nSPS) is 10.6. The Bertz CT molecular complexity index is 548. The number of benzene rings is 1. The minimum absolute atomic E-state index is 0.0315. The molecule has 0 unspecified atom stereocenters. The molecule has 0 spiro atoms. The number of carboxylic acid groups (broad SMARTS) is 1.